The van der Waals surface area contributed by atoms with Crippen molar-refractivity contribution < 1.29 is 19.4 Å². The summed E-state index contributed by atoms with van der Waals surface area (Å²) in [5, 5.41) is 9.31. The number of aliphatic hydroxyl groups is 1. The normalized spacial score (nSPS) is 26.5. The summed E-state index contributed by atoms with van der Waals surface area (Å²) in [6.07, 6.45) is 3.07. The average Bonchev–Trinajstić information content (AvgIpc) is 2.14. The van der Waals surface area contributed by atoms with Gasteiger partial charge in [-0.2, -0.15) is 0 Å². The predicted molar refractivity (Wildman–Crippen MR) is 60.1 cm³/mol. The number of hydrogen-bond acceptors (Lipinski definition) is 4. The van der Waals surface area contributed by atoms with Crippen LogP contribution in [0.15, 0.2) is 0 Å². The minimum Gasteiger partial charge on any atom is -0.458 e. The van der Waals surface area contributed by atoms with E-state index in [0.717, 1.165) is 25.7 Å². The van der Waals surface area contributed by atoms with Gasteiger partial charge >= 0.3 is 5.97 Å². The van der Waals surface area contributed by atoms with Crippen LogP contribution in [0.1, 0.15) is 46.5 Å². The quantitative estimate of drug-likeness (QED) is 0.749. The van der Waals surface area contributed by atoms with E-state index in [4.69, 9.17) is 9.47 Å². The van der Waals surface area contributed by atoms with Gasteiger partial charge in [-0.3, -0.25) is 0 Å². The Morgan fingerprint density at radius 3 is 2.31 bits per heavy atom. The molecule has 0 spiro atoms. The summed E-state index contributed by atoms with van der Waals surface area (Å²) in [6, 6.07) is 0. The average molecular weight is 230 g/mol. The molecule has 0 radical (unpaired) electrons. The first kappa shape index (κ1) is 13.5. The lowest BCUT2D eigenvalue weighted by Gasteiger charge is -2.26. The number of esters is 1. The van der Waals surface area contributed by atoms with Crippen LogP contribution in [0.3, 0.4) is 0 Å². The van der Waals surface area contributed by atoms with Gasteiger partial charge in [0.15, 0.2) is 0 Å². The van der Waals surface area contributed by atoms with E-state index in [-0.39, 0.29) is 24.8 Å². The van der Waals surface area contributed by atoms with Crippen molar-refractivity contribution in [1.82, 2.24) is 0 Å². The fourth-order valence-electron chi connectivity index (χ4n) is 1.77. The summed E-state index contributed by atoms with van der Waals surface area (Å²) >= 11 is 0. The van der Waals surface area contributed by atoms with Gasteiger partial charge in [0.25, 0.3) is 0 Å². The number of carbonyl (C=O) groups excluding carboxylic acids is 1. The highest BCUT2D eigenvalue weighted by atomic mass is 16.6. The molecule has 0 bridgehead atoms. The first-order valence-electron chi connectivity index (χ1n) is 5.88. The number of carbonyl (C=O) groups is 1. The Kier molecular flexibility index (Phi) is 4.74. The molecule has 1 N–H and O–H groups in total. The molecule has 0 aromatic carbocycles. The molecule has 1 rings (SSSR count). The minimum absolute atomic E-state index is 0.0119. The number of ether oxygens (including phenoxy) is 2. The molecule has 0 atom stereocenters. The van der Waals surface area contributed by atoms with Crippen molar-refractivity contribution in [3.05, 3.63) is 0 Å². The Bertz CT molecular complexity index is 224. The molecule has 0 aliphatic heterocycles. The molecule has 0 heterocycles. The van der Waals surface area contributed by atoms with E-state index in [1.165, 1.54) is 0 Å². The SMILES string of the molecule is CC(C)(C)OC(=O)COC1CCC(O)CC1. The second-order valence-electron chi connectivity index (χ2n) is 5.33. The molecule has 1 saturated carbocycles. The maximum absolute atomic E-state index is 11.4. The molecule has 1 aliphatic carbocycles. The third kappa shape index (κ3) is 5.47. The van der Waals surface area contributed by atoms with E-state index in [1.54, 1.807) is 0 Å². The van der Waals surface area contributed by atoms with Crippen LogP contribution in [-0.4, -0.2) is 35.5 Å². The zero-order valence-corrected chi connectivity index (χ0v) is 10.4. The zero-order chi connectivity index (χ0) is 12.2. The highest BCUT2D eigenvalue weighted by Crippen LogP contribution is 2.21. The number of aliphatic hydroxyl groups excluding tert-OH is 1. The largest absolute Gasteiger partial charge is 0.458 e. The van der Waals surface area contributed by atoms with Gasteiger partial charge in [0.05, 0.1) is 12.2 Å². The van der Waals surface area contributed by atoms with Crippen LogP contribution in [-0.2, 0) is 14.3 Å². The highest BCUT2D eigenvalue weighted by molar-refractivity contribution is 5.71. The van der Waals surface area contributed by atoms with Crippen LogP contribution >= 0.6 is 0 Å². The molecule has 0 aromatic heterocycles. The van der Waals surface area contributed by atoms with Gasteiger partial charge in [0.1, 0.15) is 12.2 Å². The first-order valence-corrected chi connectivity index (χ1v) is 5.88. The van der Waals surface area contributed by atoms with Crippen LogP contribution in [0.5, 0.6) is 0 Å². The minimum atomic E-state index is -0.455. The molecule has 0 saturated heterocycles. The van der Waals surface area contributed by atoms with Crippen molar-refractivity contribution in [3.8, 4) is 0 Å². The van der Waals surface area contributed by atoms with Crippen LogP contribution in [0.2, 0.25) is 0 Å². The van der Waals surface area contributed by atoms with Gasteiger partial charge < -0.3 is 14.6 Å². The molecule has 0 unspecified atom stereocenters. The molecule has 1 fully saturated rings. The standard InChI is InChI=1S/C12H22O4/c1-12(2,3)16-11(14)8-15-10-6-4-9(13)5-7-10/h9-10,13H,4-8H2,1-3H3. The Hall–Kier alpha value is -0.610. The summed E-state index contributed by atoms with van der Waals surface area (Å²) in [5.41, 5.74) is -0.455. The highest BCUT2D eigenvalue weighted by Gasteiger charge is 2.22. The number of rotatable bonds is 3. The van der Waals surface area contributed by atoms with Gasteiger partial charge in [-0.05, 0) is 46.5 Å². The van der Waals surface area contributed by atoms with Gasteiger partial charge in [0, 0.05) is 0 Å². The molecule has 0 amide bonds. The smallest absolute Gasteiger partial charge is 0.332 e. The fraction of sp³-hybridized carbons (Fsp3) is 0.917. The summed E-state index contributed by atoms with van der Waals surface area (Å²) in [6.45, 7) is 5.52. The van der Waals surface area contributed by atoms with E-state index < -0.39 is 5.60 Å². The summed E-state index contributed by atoms with van der Waals surface area (Å²) in [4.78, 5) is 11.4. The van der Waals surface area contributed by atoms with Crippen molar-refractivity contribution >= 4 is 5.97 Å². The topological polar surface area (TPSA) is 55.8 Å². The van der Waals surface area contributed by atoms with E-state index in [1.807, 2.05) is 20.8 Å². The maximum atomic E-state index is 11.4. The lowest BCUT2D eigenvalue weighted by atomic mass is 9.95. The van der Waals surface area contributed by atoms with Crippen molar-refractivity contribution in [2.75, 3.05) is 6.61 Å². The van der Waals surface area contributed by atoms with Crippen LogP contribution in [0.4, 0.5) is 0 Å². The van der Waals surface area contributed by atoms with Gasteiger partial charge in [0.2, 0.25) is 0 Å². The zero-order valence-electron chi connectivity index (χ0n) is 10.4. The van der Waals surface area contributed by atoms with Crippen molar-refractivity contribution in [3.63, 3.8) is 0 Å². The summed E-state index contributed by atoms with van der Waals surface area (Å²) < 4.78 is 10.6. The molecule has 16 heavy (non-hydrogen) atoms. The third-order valence-corrected chi connectivity index (χ3v) is 2.50. The monoisotopic (exact) mass is 230 g/mol. The van der Waals surface area contributed by atoms with Crippen LogP contribution in [0, 0.1) is 0 Å². The van der Waals surface area contributed by atoms with Crippen molar-refractivity contribution in [2.45, 2.75) is 64.3 Å². The second kappa shape index (κ2) is 5.64. The molecule has 94 valence electrons. The van der Waals surface area contributed by atoms with Crippen LogP contribution < -0.4 is 0 Å². The lowest BCUT2D eigenvalue weighted by molar-refractivity contribution is -0.163. The number of hydrogen-bond donors (Lipinski definition) is 1. The third-order valence-electron chi connectivity index (χ3n) is 2.50. The maximum Gasteiger partial charge on any atom is 0.332 e. The van der Waals surface area contributed by atoms with E-state index >= 15 is 0 Å². The van der Waals surface area contributed by atoms with Crippen LogP contribution in [0.25, 0.3) is 0 Å². The summed E-state index contributed by atoms with van der Waals surface area (Å²) in [5.74, 6) is -0.321. The van der Waals surface area contributed by atoms with Gasteiger partial charge in [-0.15, -0.1) is 0 Å². The molecular formula is C12H22O4. The fourth-order valence-corrected chi connectivity index (χ4v) is 1.77. The molecular weight excluding hydrogens is 208 g/mol. The second-order valence-corrected chi connectivity index (χ2v) is 5.33. The predicted octanol–water partition coefficient (Wildman–Crippen LogP) is 1.65. The Balaban J connectivity index is 2.17. The Labute approximate surface area is 96.9 Å². The van der Waals surface area contributed by atoms with Gasteiger partial charge in [-0.1, -0.05) is 0 Å². The Morgan fingerprint density at radius 1 is 1.25 bits per heavy atom. The van der Waals surface area contributed by atoms with E-state index in [2.05, 4.69) is 0 Å². The van der Waals surface area contributed by atoms with Crippen molar-refractivity contribution in [2.24, 2.45) is 0 Å². The van der Waals surface area contributed by atoms with E-state index in [9.17, 15) is 9.90 Å². The summed E-state index contributed by atoms with van der Waals surface area (Å²) in [7, 11) is 0. The molecule has 0 aromatic rings. The first-order chi connectivity index (χ1) is 7.37. The van der Waals surface area contributed by atoms with Crippen molar-refractivity contribution in [1.29, 1.82) is 0 Å². The molecule has 4 nitrogen and oxygen atoms in total. The molecule has 1 aliphatic rings. The lowest BCUT2D eigenvalue weighted by Crippen LogP contribution is -2.30. The van der Waals surface area contributed by atoms with Gasteiger partial charge in [-0.25, -0.2) is 4.79 Å². The molecule has 4 heteroatoms. The van der Waals surface area contributed by atoms with E-state index in [0.29, 0.717) is 0 Å². The Morgan fingerprint density at radius 2 is 1.81 bits per heavy atom.